The first-order valence-corrected chi connectivity index (χ1v) is 10.8. The zero-order valence-corrected chi connectivity index (χ0v) is 16.7. The minimum Gasteiger partial charge on any atom is -0.454 e. The predicted octanol–water partition coefficient (Wildman–Crippen LogP) is 2.54. The highest BCUT2D eigenvalue weighted by Crippen LogP contribution is 2.38. The molecule has 1 aromatic carbocycles. The summed E-state index contributed by atoms with van der Waals surface area (Å²) in [4.78, 5) is 18.6. The van der Waals surface area contributed by atoms with E-state index in [9.17, 15) is 4.79 Å². The van der Waals surface area contributed by atoms with E-state index in [2.05, 4.69) is 25.4 Å². The van der Waals surface area contributed by atoms with Crippen LogP contribution in [0.3, 0.4) is 0 Å². The number of fused-ring (bicyclic) bond motifs is 2. The smallest absolute Gasteiger partial charge is 0.253 e. The summed E-state index contributed by atoms with van der Waals surface area (Å²) in [5.74, 6) is 2.13. The Morgan fingerprint density at radius 3 is 2.60 bits per heavy atom. The van der Waals surface area contributed by atoms with Crippen LogP contribution in [-0.4, -0.2) is 50.0 Å². The van der Waals surface area contributed by atoms with Crippen LogP contribution in [0.5, 0.6) is 11.5 Å². The normalized spacial score (nSPS) is 20.4. The largest absolute Gasteiger partial charge is 0.454 e. The number of hydrogen-bond donors (Lipinski definition) is 1. The fourth-order valence-corrected chi connectivity index (χ4v) is 5.10. The van der Waals surface area contributed by atoms with Gasteiger partial charge in [0.1, 0.15) is 6.04 Å². The number of benzene rings is 1. The third-order valence-corrected chi connectivity index (χ3v) is 6.60. The van der Waals surface area contributed by atoms with E-state index in [4.69, 9.17) is 9.47 Å². The molecule has 2 aromatic heterocycles. The Bertz CT molecular complexity index is 1140. The molecule has 0 bridgehead atoms. The maximum atomic E-state index is 13.2. The number of rotatable bonds is 4. The summed E-state index contributed by atoms with van der Waals surface area (Å²) in [5.41, 5.74) is 1.31. The van der Waals surface area contributed by atoms with Crippen molar-refractivity contribution in [3.63, 3.8) is 0 Å². The number of nitrogens with one attached hydrogen (secondary N) is 1. The second-order valence-corrected chi connectivity index (χ2v) is 8.41. The van der Waals surface area contributed by atoms with Gasteiger partial charge in [0.2, 0.25) is 6.79 Å². The fourth-order valence-electron chi connectivity index (χ4n) is 5.10. The predicted molar refractivity (Wildman–Crippen MR) is 109 cm³/mol. The van der Waals surface area contributed by atoms with E-state index in [0.29, 0.717) is 23.1 Å². The van der Waals surface area contributed by atoms with E-state index in [1.807, 2.05) is 22.9 Å². The van der Waals surface area contributed by atoms with Crippen LogP contribution in [0.1, 0.15) is 62.0 Å². The van der Waals surface area contributed by atoms with Crippen LogP contribution >= 0.6 is 0 Å². The first-order chi connectivity index (χ1) is 14.8. The van der Waals surface area contributed by atoms with Crippen molar-refractivity contribution in [3.05, 3.63) is 39.9 Å². The lowest BCUT2D eigenvalue weighted by atomic mass is 10.0. The number of ether oxygens (including phenoxy) is 2. The summed E-state index contributed by atoms with van der Waals surface area (Å²) in [6, 6.07) is 5.77. The van der Waals surface area contributed by atoms with Crippen LogP contribution in [0.2, 0.25) is 0 Å². The maximum absolute atomic E-state index is 13.2. The molecule has 3 aromatic rings. The summed E-state index contributed by atoms with van der Waals surface area (Å²) in [7, 11) is 0. The number of H-pyrrole nitrogens is 1. The maximum Gasteiger partial charge on any atom is 0.253 e. The molecule has 0 spiro atoms. The molecule has 9 nitrogen and oxygen atoms in total. The molecular weight excluding hydrogens is 384 g/mol. The van der Waals surface area contributed by atoms with Crippen LogP contribution in [0.4, 0.5) is 0 Å². The van der Waals surface area contributed by atoms with E-state index >= 15 is 0 Å². The minimum atomic E-state index is -0.262. The first kappa shape index (κ1) is 17.9. The Hall–Kier alpha value is -2.94. The molecule has 1 saturated heterocycles. The van der Waals surface area contributed by atoms with Crippen molar-refractivity contribution >= 4 is 10.9 Å². The monoisotopic (exact) mass is 408 g/mol. The second kappa shape index (κ2) is 7.09. The number of aromatic nitrogens is 5. The SMILES string of the molecule is O=c1[nH]c2cc3c(cc2cc1[C@H](c1nnnn1C1CCCC1)N1CCCC1)OCO3. The number of tetrazole rings is 1. The highest BCUT2D eigenvalue weighted by atomic mass is 16.7. The molecule has 30 heavy (non-hydrogen) atoms. The van der Waals surface area contributed by atoms with Gasteiger partial charge in [0.05, 0.1) is 11.6 Å². The lowest BCUT2D eigenvalue weighted by Gasteiger charge is -2.27. The number of likely N-dealkylation sites (tertiary alicyclic amines) is 1. The molecular formula is C21H24N6O3. The summed E-state index contributed by atoms with van der Waals surface area (Å²) in [6.45, 7) is 2.07. The highest BCUT2D eigenvalue weighted by Gasteiger charge is 2.34. The van der Waals surface area contributed by atoms with Crippen molar-refractivity contribution in [1.29, 1.82) is 0 Å². The van der Waals surface area contributed by atoms with Gasteiger partial charge in [-0.15, -0.1) is 5.10 Å². The number of aromatic amines is 1. The van der Waals surface area contributed by atoms with Crippen LogP contribution in [0.15, 0.2) is 23.0 Å². The van der Waals surface area contributed by atoms with Crippen molar-refractivity contribution < 1.29 is 9.47 Å². The molecule has 0 radical (unpaired) electrons. The third kappa shape index (κ3) is 2.87. The van der Waals surface area contributed by atoms with Crippen molar-refractivity contribution in [2.24, 2.45) is 0 Å². The standard InChI is InChI=1S/C21H24N6O3/c28-21-15(9-13-10-17-18(30-12-29-17)11-16(13)22-21)19(26-7-3-4-8-26)20-23-24-25-27(20)14-5-1-2-6-14/h9-11,14,19H,1-8,12H2,(H,22,28)/t19-/m1/s1. The van der Waals surface area contributed by atoms with Gasteiger partial charge >= 0.3 is 0 Å². The van der Waals surface area contributed by atoms with Crippen molar-refractivity contribution in [2.45, 2.75) is 50.6 Å². The van der Waals surface area contributed by atoms with Gasteiger partial charge in [-0.25, -0.2) is 4.68 Å². The van der Waals surface area contributed by atoms with Gasteiger partial charge in [-0.3, -0.25) is 9.69 Å². The molecule has 4 heterocycles. The number of hydrogen-bond acceptors (Lipinski definition) is 7. The molecule has 3 aliphatic rings. The average Bonchev–Trinajstić information content (AvgIpc) is 3.54. The summed E-state index contributed by atoms with van der Waals surface area (Å²) in [6.07, 6.45) is 6.80. The quantitative estimate of drug-likeness (QED) is 0.708. The summed E-state index contributed by atoms with van der Waals surface area (Å²) < 4.78 is 13.0. The molecule has 2 fully saturated rings. The van der Waals surface area contributed by atoms with Gasteiger partial charge in [0.25, 0.3) is 5.56 Å². The topological polar surface area (TPSA) is 98.2 Å². The van der Waals surface area contributed by atoms with E-state index in [1.165, 1.54) is 12.8 Å². The summed E-state index contributed by atoms with van der Waals surface area (Å²) >= 11 is 0. The van der Waals surface area contributed by atoms with Gasteiger partial charge in [-0.05, 0) is 61.3 Å². The average molecular weight is 408 g/mol. The van der Waals surface area contributed by atoms with Crippen LogP contribution in [0.25, 0.3) is 10.9 Å². The van der Waals surface area contributed by atoms with Gasteiger partial charge in [0.15, 0.2) is 17.3 Å². The molecule has 1 N–H and O–H groups in total. The molecule has 1 saturated carbocycles. The summed E-state index contributed by atoms with van der Waals surface area (Å²) in [5, 5.41) is 13.7. The molecule has 6 rings (SSSR count). The zero-order chi connectivity index (χ0) is 20.1. The molecule has 1 atom stereocenters. The van der Waals surface area contributed by atoms with E-state index in [0.717, 1.165) is 55.5 Å². The van der Waals surface area contributed by atoms with Crippen molar-refractivity contribution in [2.75, 3.05) is 19.9 Å². The molecule has 1 aliphatic carbocycles. The third-order valence-electron chi connectivity index (χ3n) is 6.60. The lowest BCUT2D eigenvalue weighted by Crippen LogP contribution is -2.33. The Kier molecular flexibility index (Phi) is 4.22. The van der Waals surface area contributed by atoms with Crippen LogP contribution < -0.4 is 15.0 Å². The first-order valence-electron chi connectivity index (χ1n) is 10.8. The Balaban J connectivity index is 1.50. The van der Waals surface area contributed by atoms with Crippen LogP contribution in [0, 0.1) is 0 Å². The molecule has 156 valence electrons. The van der Waals surface area contributed by atoms with Gasteiger partial charge in [0, 0.05) is 17.0 Å². The highest BCUT2D eigenvalue weighted by molar-refractivity contribution is 5.83. The van der Waals surface area contributed by atoms with Gasteiger partial charge in [-0.1, -0.05) is 12.8 Å². The van der Waals surface area contributed by atoms with Crippen molar-refractivity contribution in [3.8, 4) is 11.5 Å². The fraction of sp³-hybridized carbons (Fsp3) is 0.524. The molecule has 0 unspecified atom stereocenters. The van der Waals surface area contributed by atoms with Gasteiger partial charge < -0.3 is 14.5 Å². The Labute approximate surface area is 173 Å². The van der Waals surface area contributed by atoms with E-state index in [1.54, 1.807) is 0 Å². The Morgan fingerprint density at radius 2 is 1.80 bits per heavy atom. The molecule has 0 amide bonds. The molecule has 9 heteroatoms. The van der Waals surface area contributed by atoms with Crippen LogP contribution in [-0.2, 0) is 0 Å². The second-order valence-electron chi connectivity index (χ2n) is 8.41. The lowest BCUT2D eigenvalue weighted by molar-refractivity contribution is 0.174. The van der Waals surface area contributed by atoms with E-state index in [-0.39, 0.29) is 18.4 Å². The molecule has 2 aliphatic heterocycles. The van der Waals surface area contributed by atoms with E-state index < -0.39 is 0 Å². The number of nitrogens with zero attached hydrogens (tertiary/aromatic N) is 5. The van der Waals surface area contributed by atoms with Gasteiger partial charge in [-0.2, -0.15) is 0 Å². The number of pyridine rings is 1. The van der Waals surface area contributed by atoms with Crippen molar-refractivity contribution in [1.82, 2.24) is 30.1 Å². The Morgan fingerprint density at radius 1 is 1.03 bits per heavy atom. The minimum absolute atomic E-state index is 0.112. The zero-order valence-electron chi connectivity index (χ0n) is 16.7.